The van der Waals surface area contributed by atoms with Crippen LogP contribution in [0.25, 0.3) is 0 Å². The highest BCUT2D eigenvalue weighted by Gasteiger charge is 2.23. The number of aliphatic hydroxyl groups is 1. The third-order valence-corrected chi connectivity index (χ3v) is 3.23. The number of piperazine rings is 1. The van der Waals surface area contributed by atoms with Gasteiger partial charge >= 0.3 is 0 Å². The summed E-state index contributed by atoms with van der Waals surface area (Å²) in [6.45, 7) is 5.30. The molecular weight excluding hydrogens is 200 g/mol. The van der Waals surface area contributed by atoms with Crippen LogP contribution >= 0.6 is 0 Å². The molecule has 3 heteroatoms. The van der Waals surface area contributed by atoms with Crippen molar-refractivity contribution in [2.75, 3.05) is 19.7 Å². The molecule has 0 aliphatic carbocycles. The second kappa shape index (κ2) is 5.43. The molecule has 0 saturated carbocycles. The maximum absolute atomic E-state index is 9.17. The van der Waals surface area contributed by atoms with Crippen molar-refractivity contribution in [1.82, 2.24) is 10.2 Å². The summed E-state index contributed by atoms with van der Waals surface area (Å²) in [5.41, 5.74) is 1.34. The largest absolute Gasteiger partial charge is 0.395 e. The Balaban J connectivity index is 1.97. The van der Waals surface area contributed by atoms with Crippen LogP contribution in [-0.2, 0) is 6.54 Å². The molecule has 88 valence electrons. The standard InChI is InChI=1S/C13H20N2O/c1-11-7-14-13(10-16)9-15(11)8-12-5-3-2-4-6-12/h2-6,11,13-14,16H,7-10H2,1H3. The Bertz CT molecular complexity index is 315. The molecule has 1 aliphatic heterocycles. The fourth-order valence-corrected chi connectivity index (χ4v) is 2.15. The van der Waals surface area contributed by atoms with Gasteiger partial charge in [-0.3, -0.25) is 4.90 Å². The predicted octanol–water partition coefficient (Wildman–Crippen LogP) is 0.841. The summed E-state index contributed by atoms with van der Waals surface area (Å²) < 4.78 is 0. The average Bonchev–Trinajstić information content (AvgIpc) is 2.33. The van der Waals surface area contributed by atoms with Gasteiger partial charge < -0.3 is 10.4 Å². The highest BCUT2D eigenvalue weighted by molar-refractivity contribution is 5.14. The summed E-state index contributed by atoms with van der Waals surface area (Å²) in [4.78, 5) is 2.42. The molecule has 16 heavy (non-hydrogen) atoms. The van der Waals surface area contributed by atoms with Crippen LogP contribution < -0.4 is 5.32 Å². The zero-order valence-electron chi connectivity index (χ0n) is 9.76. The van der Waals surface area contributed by atoms with E-state index in [9.17, 15) is 5.11 Å². The highest BCUT2D eigenvalue weighted by atomic mass is 16.3. The van der Waals surface area contributed by atoms with Gasteiger partial charge in [-0.25, -0.2) is 0 Å². The molecule has 2 N–H and O–H groups in total. The maximum atomic E-state index is 9.17. The monoisotopic (exact) mass is 220 g/mol. The minimum Gasteiger partial charge on any atom is -0.395 e. The van der Waals surface area contributed by atoms with Crippen molar-refractivity contribution in [3.63, 3.8) is 0 Å². The van der Waals surface area contributed by atoms with Crippen LogP contribution in [0.15, 0.2) is 30.3 Å². The molecule has 2 atom stereocenters. The van der Waals surface area contributed by atoms with Gasteiger partial charge in [0.15, 0.2) is 0 Å². The van der Waals surface area contributed by atoms with E-state index in [2.05, 4.69) is 41.4 Å². The highest BCUT2D eigenvalue weighted by Crippen LogP contribution is 2.11. The Morgan fingerprint density at radius 1 is 1.38 bits per heavy atom. The van der Waals surface area contributed by atoms with Gasteiger partial charge in [-0.05, 0) is 12.5 Å². The molecule has 0 spiro atoms. The van der Waals surface area contributed by atoms with Crippen molar-refractivity contribution in [3.05, 3.63) is 35.9 Å². The normalized spacial score (nSPS) is 26.9. The number of aliphatic hydroxyl groups excluding tert-OH is 1. The van der Waals surface area contributed by atoms with E-state index < -0.39 is 0 Å². The molecule has 0 radical (unpaired) electrons. The molecule has 2 rings (SSSR count). The molecule has 1 aliphatic rings. The molecule has 1 aromatic rings. The Kier molecular flexibility index (Phi) is 3.93. The van der Waals surface area contributed by atoms with Gasteiger partial charge in [0, 0.05) is 31.7 Å². The first-order valence-electron chi connectivity index (χ1n) is 5.92. The molecule has 2 unspecified atom stereocenters. The molecule has 3 nitrogen and oxygen atoms in total. The first-order valence-corrected chi connectivity index (χ1v) is 5.92. The summed E-state index contributed by atoms with van der Waals surface area (Å²) in [5, 5.41) is 12.5. The first kappa shape index (κ1) is 11.6. The van der Waals surface area contributed by atoms with Crippen LogP contribution in [0.4, 0.5) is 0 Å². The van der Waals surface area contributed by atoms with Crippen molar-refractivity contribution < 1.29 is 5.11 Å². The minimum atomic E-state index is 0.220. The number of hydrogen-bond donors (Lipinski definition) is 2. The second-order valence-corrected chi connectivity index (χ2v) is 4.55. The molecular formula is C13H20N2O. The SMILES string of the molecule is CC1CNC(CO)CN1Cc1ccccc1. The molecule has 1 fully saturated rings. The Morgan fingerprint density at radius 2 is 2.12 bits per heavy atom. The Labute approximate surface area is 97.1 Å². The van der Waals surface area contributed by atoms with E-state index in [0.29, 0.717) is 6.04 Å². The van der Waals surface area contributed by atoms with Crippen LogP contribution in [-0.4, -0.2) is 41.8 Å². The third-order valence-electron chi connectivity index (χ3n) is 3.23. The quantitative estimate of drug-likeness (QED) is 0.792. The Hall–Kier alpha value is -0.900. The van der Waals surface area contributed by atoms with Crippen LogP contribution in [0.1, 0.15) is 12.5 Å². The van der Waals surface area contributed by atoms with Crippen LogP contribution in [0, 0.1) is 0 Å². The lowest BCUT2D eigenvalue weighted by atomic mass is 10.1. The van der Waals surface area contributed by atoms with Gasteiger partial charge in [-0.2, -0.15) is 0 Å². The zero-order valence-corrected chi connectivity index (χ0v) is 9.76. The van der Waals surface area contributed by atoms with E-state index in [0.717, 1.165) is 19.6 Å². The summed E-state index contributed by atoms with van der Waals surface area (Å²) in [7, 11) is 0. The van der Waals surface area contributed by atoms with E-state index in [-0.39, 0.29) is 12.6 Å². The van der Waals surface area contributed by atoms with E-state index in [1.165, 1.54) is 5.56 Å². The molecule has 0 bridgehead atoms. The van der Waals surface area contributed by atoms with E-state index >= 15 is 0 Å². The topological polar surface area (TPSA) is 35.5 Å². The van der Waals surface area contributed by atoms with Gasteiger partial charge in [0.25, 0.3) is 0 Å². The second-order valence-electron chi connectivity index (χ2n) is 4.55. The number of nitrogens with one attached hydrogen (secondary N) is 1. The first-order chi connectivity index (χ1) is 7.79. The summed E-state index contributed by atoms with van der Waals surface area (Å²) in [6, 6.07) is 11.3. The van der Waals surface area contributed by atoms with E-state index in [4.69, 9.17) is 0 Å². The lowest BCUT2D eigenvalue weighted by Gasteiger charge is -2.38. The summed E-state index contributed by atoms with van der Waals surface area (Å²) in [5.74, 6) is 0. The summed E-state index contributed by atoms with van der Waals surface area (Å²) >= 11 is 0. The van der Waals surface area contributed by atoms with Crippen molar-refractivity contribution >= 4 is 0 Å². The van der Waals surface area contributed by atoms with Crippen molar-refractivity contribution in [1.29, 1.82) is 0 Å². The predicted molar refractivity (Wildman–Crippen MR) is 65.2 cm³/mol. The number of hydrogen-bond acceptors (Lipinski definition) is 3. The molecule has 1 heterocycles. The smallest absolute Gasteiger partial charge is 0.0597 e. The van der Waals surface area contributed by atoms with Gasteiger partial charge in [0.05, 0.1) is 6.61 Å². The van der Waals surface area contributed by atoms with Crippen molar-refractivity contribution in [2.45, 2.75) is 25.6 Å². The van der Waals surface area contributed by atoms with Crippen LogP contribution in [0.3, 0.4) is 0 Å². The minimum absolute atomic E-state index is 0.220. The third kappa shape index (κ3) is 2.82. The number of rotatable bonds is 3. The Morgan fingerprint density at radius 3 is 2.81 bits per heavy atom. The van der Waals surface area contributed by atoms with E-state index in [1.807, 2.05) is 6.07 Å². The molecule has 0 aromatic heterocycles. The van der Waals surface area contributed by atoms with E-state index in [1.54, 1.807) is 0 Å². The zero-order chi connectivity index (χ0) is 11.4. The average molecular weight is 220 g/mol. The van der Waals surface area contributed by atoms with Crippen LogP contribution in [0.5, 0.6) is 0 Å². The van der Waals surface area contributed by atoms with Gasteiger partial charge in [0.1, 0.15) is 0 Å². The maximum Gasteiger partial charge on any atom is 0.0597 e. The van der Waals surface area contributed by atoms with Crippen molar-refractivity contribution in [2.24, 2.45) is 0 Å². The van der Waals surface area contributed by atoms with Crippen molar-refractivity contribution in [3.8, 4) is 0 Å². The lowest BCUT2D eigenvalue weighted by Crippen LogP contribution is -2.56. The van der Waals surface area contributed by atoms with Gasteiger partial charge in [-0.15, -0.1) is 0 Å². The molecule has 1 saturated heterocycles. The molecule has 0 amide bonds. The summed E-state index contributed by atoms with van der Waals surface area (Å²) in [6.07, 6.45) is 0. The van der Waals surface area contributed by atoms with Gasteiger partial charge in [-0.1, -0.05) is 30.3 Å². The fourth-order valence-electron chi connectivity index (χ4n) is 2.15. The number of benzene rings is 1. The molecule has 1 aromatic carbocycles. The lowest BCUT2D eigenvalue weighted by molar-refractivity contribution is 0.103. The number of nitrogens with zero attached hydrogens (tertiary/aromatic N) is 1. The van der Waals surface area contributed by atoms with Gasteiger partial charge in [0.2, 0.25) is 0 Å². The van der Waals surface area contributed by atoms with Crippen LogP contribution in [0.2, 0.25) is 0 Å². The fraction of sp³-hybridized carbons (Fsp3) is 0.538.